The minimum absolute atomic E-state index is 0. The topological polar surface area (TPSA) is 46.5 Å². The van der Waals surface area contributed by atoms with Crippen molar-refractivity contribution in [2.24, 2.45) is 0 Å². The third-order valence-corrected chi connectivity index (χ3v) is 1.90. The molecule has 0 spiro atoms. The molecule has 11 heavy (non-hydrogen) atoms. The van der Waals surface area contributed by atoms with Gasteiger partial charge in [-0.2, -0.15) is 0 Å². The first-order valence-corrected chi connectivity index (χ1v) is 3.61. The summed E-state index contributed by atoms with van der Waals surface area (Å²) in [5.41, 5.74) is 0. The Morgan fingerprint density at radius 2 is 1.82 bits per heavy atom. The van der Waals surface area contributed by atoms with E-state index in [2.05, 4.69) is 4.74 Å². The Morgan fingerprint density at radius 3 is 2.27 bits per heavy atom. The Morgan fingerprint density at radius 1 is 1.27 bits per heavy atom. The molecule has 0 amide bonds. The molecule has 0 aromatic rings. The maximum absolute atomic E-state index is 9.90. The van der Waals surface area contributed by atoms with Crippen LogP contribution in [0, 0.1) is 41.7 Å². The van der Waals surface area contributed by atoms with Crippen LogP contribution in [0.1, 0.15) is 32.1 Å². The molecule has 0 atom stereocenters. The summed E-state index contributed by atoms with van der Waals surface area (Å²) >= 11 is 0. The van der Waals surface area contributed by atoms with Crippen molar-refractivity contribution in [2.75, 3.05) is 0 Å². The van der Waals surface area contributed by atoms with Crippen molar-refractivity contribution in [3.63, 3.8) is 0 Å². The molecular weight excluding hydrogens is 272 g/mol. The van der Waals surface area contributed by atoms with E-state index < -0.39 is 5.79 Å². The average molecular weight is 284 g/mol. The van der Waals surface area contributed by atoms with E-state index in [1.165, 1.54) is 0 Å². The van der Waals surface area contributed by atoms with Crippen LogP contribution in [-0.2, 0) is 9.53 Å². The van der Waals surface area contributed by atoms with Crippen LogP contribution in [-0.4, -0.2) is 17.4 Å². The van der Waals surface area contributed by atoms with Gasteiger partial charge in [-0.3, -0.25) is 4.79 Å². The molecule has 0 saturated heterocycles. The largest absolute Gasteiger partial charge is 0.435 e. The average Bonchev–Trinajstić information content (AvgIpc) is 1.89. The quantitative estimate of drug-likeness (QED) is 0.603. The second kappa shape index (κ2) is 5.45. The second-order valence-corrected chi connectivity index (χ2v) is 2.72. The normalized spacial score (nSPS) is 21.5. The van der Waals surface area contributed by atoms with E-state index in [-0.39, 0.29) is 41.7 Å². The fourth-order valence-corrected chi connectivity index (χ4v) is 1.31. The van der Waals surface area contributed by atoms with E-state index in [0.29, 0.717) is 19.3 Å². The molecule has 0 aromatic carbocycles. The van der Waals surface area contributed by atoms with Crippen molar-refractivity contribution in [1.82, 2.24) is 0 Å². The van der Waals surface area contributed by atoms with Crippen LogP contribution < -0.4 is 0 Å². The molecule has 1 rings (SSSR count). The van der Waals surface area contributed by atoms with Gasteiger partial charge < -0.3 is 9.84 Å². The number of carbonyl (C=O) groups is 1. The van der Waals surface area contributed by atoms with Gasteiger partial charge in [0.2, 0.25) is 5.79 Å². The summed E-state index contributed by atoms with van der Waals surface area (Å²) in [4.78, 5) is 9.90. The monoisotopic (exact) mass is 284 g/mol. The molecule has 1 N–H and O–H groups in total. The molecule has 4 heteroatoms. The van der Waals surface area contributed by atoms with E-state index in [1.807, 2.05) is 0 Å². The minimum atomic E-state index is -1.14. The van der Waals surface area contributed by atoms with Crippen molar-refractivity contribution >= 4 is 6.47 Å². The first-order chi connectivity index (χ1) is 4.77. The summed E-state index contributed by atoms with van der Waals surface area (Å²) in [6.45, 7) is 0.325. The third-order valence-electron chi connectivity index (χ3n) is 1.90. The number of hydrogen-bond acceptors (Lipinski definition) is 3. The number of ether oxygens (including phenoxy) is 1. The van der Waals surface area contributed by atoms with Gasteiger partial charge in [-0.15, -0.1) is 0 Å². The standard InChI is InChI=1S/C7H12O3.Ce/c8-6-10-7(9)4-2-1-3-5-7;/h6,9H,1-5H2;. The van der Waals surface area contributed by atoms with Gasteiger partial charge in [0.05, 0.1) is 0 Å². The van der Waals surface area contributed by atoms with Crippen LogP contribution in [0.25, 0.3) is 0 Å². The van der Waals surface area contributed by atoms with Crippen LogP contribution in [0.2, 0.25) is 0 Å². The van der Waals surface area contributed by atoms with E-state index in [9.17, 15) is 9.90 Å². The zero-order chi connectivity index (χ0) is 7.45. The molecule has 1 aliphatic carbocycles. The van der Waals surface area contributed by atoms with Crippen LogP contribution in [0.5, 0.6) is 0 Å². The van der Waals surface area contributed by atoms with Gasteiger partial charge >= 0.3 is 0 Å². The number of carbonyl (C=O) groups excluding carboxylic acids is 1. The fourth-order valence-electron chi connectivity index (χ4n) is 1.31. The summed E-state index contributed by atoms with van der Waals surface area (Å²) in [7, 11) is 0. The molecule has 0 unspecified atom stereocenters. The summed E-state index contributed by atoms with van der Waals surface area (Å²) in [5.74, 6) is -1.14. The smallest absolute Gasteiger partial charge is 0.295 e. The Bertz CT molecular complexity index is 121. The predicted octanol–water partition coefficient (Wildman–Crippen LogP) is 0.812. The van der Waals surface area contributed by atoms with Gasteiger partial charge in [-0.05, 0) is 12.8 Å². The number of aliphatic hydroxyl groups is 1. The van der Waals surface area contributed by atoms with E-state index in [0.717, 1.165) is 19.3 Å². The van der Waals surface area contributed by atoms with Crippen LogP contribution >= 0.6 is 0 Å². The van der Waals surface area contributed by atoms with Crippen LogP contribution in [0.4, 0.5) is 0 Å². The molecule has 62 valence electrons. The number of rotatable bonds is 2. The van der Waals surface area contributed by atoms with Crippen molar-refractivity contribution in [3.8, 4) is 0 Å². The Balaban J connectivity index is 0.000001000. The van der Waals surface area contributed by atoms with E-state index in [4.69, 9.17) is 0 Å². The third kappa shape index (κ3) is 3.82. The van der Waals surface area contributed by atoms with Crippen molar-refractivity contribution < 1.29 is 56.4 Å². The molecule has 0 radical (unpaired) electrons. The molecule has 1 fully saturated rings. The molecule has 0 bridgehead atoms. The van der Waals surface area contributed by atoms with Crippen LogP contribution in [0.15, 0.2) is 0 Å². The summed E-state index contributed by atoms with van der Waals surface area (Å²) < 4.78 is 4.55. The van der Waals surface area contributed by atoms with Gasteiger partial charge in [0, 0.05) is 54.6 Å². The van der Waals surface area contributed by atoms with Crippen LogP contribution in [0.3, 0.4) is 0 Å². The van der Waals surface area contributed by atoms with Crippen molar-refractivity contribution in [3.05, 3.63) is 0 Å². The fraction of sp³-hybridized carbons (Fsp3) is 0.857. The van der Waals surface area contributed by atoms with Gasteiger partial charge in [0.15, 0.2) is 0 Å². The summed E-state index contributed by atoms with van der Waals surface area (Å²) in [6.07, 6.45) is 4.21. The molecule has 0 aromatic heterocycles. The van der Waals surface area contributed by atoms with Crippen molar-refractivity contribution in [2.45, 2.75) is 37.9 Å². The zero-order valence-corrected chi connectivity index (χ0v) is 9.52. The SMILES string of the molecule is O=COC1(O)CCCCC1.[Ce]. The molecule has 3 nitrogen and oxygen atoms in total. The molecule has 1 aliphatic rings. The summed E-state index contributed by atoms with van der Waals surface area (Å²) in [5, 5.41) is 9.42. The second-order valence-electron chi connectivity index (χ2n) is 2.72. The van der Waals surface area contributed by atoms with Gasteiger partial charge in [0.1, 0.15) is 0 Å². The van der Waals surface area contributed by atoms with E-state index >= 15 is 0 Å². The first-order valence-electron chi connectivity index (χ1n) is 3.61. The Labute approximate surface area is 99.9 Å². The number of hydrogen-bond donors (Lipinski definition) is 1. The molecular formula is C7H12CeO3. The van der Waals surface area contributed by atoms with Gasteiger partial charge in [0.25, 0.3) is 6.47 Å². The zero-order valence-electron chi connectivity index (χ0n) is 6.38. The van der Waals surface area contributed by atoms with Crippen molar-refractivity contribution in [1.29, 1.82) is 0 Å². The first kappa shape index (κ1) is 11.8. The molecule has 0 aliphatic heterocycles. The van der Waals surface area contributed by atoms with Gasteiger partial charge in [-0.1, -0.05) is 6.42 Å². The Hall–Kier alpha value is 0.807. The molecule has 1 saturated carbocycles. The van der Waals surface area contributed by atoms with E-state index in [1.54, 1.807) is 0 Å². The van der Waals surface area contributed by atoms with Gasteiger partial charge in [-0.25, -0.2) is 0 Å². The maximum Gasteiger partial charge on any atom is 0.295 e. The minimum Gasteiger partial charge on any atom is -0.435 e. The molecule has 0 heterocycles. The summed E-state index contributed by atoms with van der Waals surface area (Å²) in [6, 6.07) is 0. The Kier molecular flexibility index (Phi) is 5.85. The predicted molar refractivity (Wildman–Crippen MR) is 35.2 cm³/mol. The maximum atomic E-state index is 9.90.